The Morgan fingerprint density at radius 2 is 2.04 bits per heavy atom. The van der Waals surface area contributed by atoms with E-state index < -0.39 is 0 Å². The van der Waals surface area contributed by atoms with Crippen molar-refractivity contribution in [1.82, 2.24) is 20.8 Å². The number of hydrogen-bond donors (Lipinski definition) is 2. The van der Waals surface area contributed by atoms with Crippen LogP contribution in [0.4, 0.5) is 0 Å². The summed E-state index contributed by atoms with van der Waals surface area (Å²) in [5.41, 5.74) is 2.42. The molecule has 7 nitrogen and oxygen atoms in total. The first-order chi connectivity index (χ1) is 13.0. The third kappa shape index (κ3) is 7.65. The van der Waals surface area contributed by atoms with E-state index in [9.17, 15) is 0 Å². The SMILES string of the molecule is CCNC(=NCCc1nc(C(C)C)no1)NCCc1cc(C)ccc1OC.I. The Labute approximate surface area is 184 Å². The first kappa shape index (κ1) is 24.2. The lowest BCUT2D eigenvalue weighted by molar-refractivity contribution is 0.372. The lowest BCUT2D eigenvalue weighted by Crippen LogP contribution is -2.38. The summed E-state index contributed by atoms with van der Waals surface area (Å²) in [4.78, 5) is 8.97. The quantitative estimate of drug-likeness (QED) is 0.311. The summed E-state index contributed by atoms with van der Waals surface area (Å²) in [5, 5.41) is 10.6. The Morgan fingerprint density at radius 1 is 1.25 bits per heavy atom. The summed E-state index contributed by atoms with van der Waals surface area (Å²) in [7, 11) is 1.70. The predicted molar refractivity (Wildman–Crippen MR) is 123 cm³/mol. The molecule has 0 spiro atoms. The Kier molecular flexibility index (Phi) is 10.9. The molecule has 0 aliphatic heterocycles. The number of nitrogens with one attached hydrogen (secondary N) is 2. The van der Waals surface area contributed by atoms with E-state index in [0.29, 0.717) is 18.9 Å². The third-order valence-electron chi connectivity index (χ3n) is 4.06. The molecular weight excluding hydrogens is 469 g/mol. The molecule has 0 unspecified atom stereocenters. The average molecular weight is 501 g/mol. The Balaban J connectivity index is 0.00000392. The summed E-state index contributed by atoms with van der Waals surface area (Å²) >= 11 is 0. The first-order valence-electron chi connectivity index (χ1n) is 9.51. The van der Waals surface area contributed by atoms with Gasteiger partial charge in [0.1, 0.15) is 5.75 Å². The van der Waals surface area contributed by atoms with Crippen LogP contribution in [0, 0.1) is 6.92 Å². The van der Waals surface area contributed by atoms with Gasteiger partial charge in [0, 0.05) is 25.4 Å². The van der Waals surface area contributed by atoms with Gasteiger partial charge in [-0.15, -0.1) is 24.0 Å². The van der Waals surface area contributed by atoms with Crippen molar-refractivity contribution in [2.45, 2.75) is 46.5 Å². The highest BCUT2D eigenvalue weighted by Gasteiger charge is 2.09. The molecule has 0 atom stereocenters. The third-order valence-corrected chi connectivity index (χ3v) is 4.06. The minimum absolute atomic E-state index is 0. The lowest BCUT2D eigenvalue weighted by Gasteiger charge is -2.13. The van der Waals surface area contributed by atoms with Crippen molar-refractivity contribution in [2.75, 3.05) is 26.7 Å². The molecule has 0 amide bonds. The van der Waals surface area contributed by atoms with E-state index in [2.05, 4.69) is 44.8 Å². The molecule has 2 rings (SSSR count). The maximum absolute atomic E-state index is 5.44. The zero-order chi connectivity index (χ0) is 19.6. The monoisotopic (exact) mass is 501 g/mol. The van der Waals surface area contributed by atoms with Crippen LogP contribution in [0.15, 0.2) is 27.7 Å². The van der Waals surface area contributed by atoms with Gasteiger partial charge in [0.15, 0.2) is 11.8 Å². The van der Waals surface area contributed by atoms with Crippen LogP contribution in [-0.4, -0.2) is 42.8 Å². The second kappa shape index (κ2) is 12.6. The highest BCUT2D eigenvalue weighted by molar-refractivity contribution is 14.0. The molecule has 0 saturated heterocycles. The number of guanidine groups is 1. The van der Waals surface area contributed by atoms with Crippen LogP contribution in [0.5, 0.6) is 5.75 Å². The molecule has 1 aromatic carbocycles. The Morgan fingerprint density at radius 3 is 2.68 bits per heavy atom. The molecule has 2 aromatic rings. The van der Waals surface area contributed by atoms with E-state index in [1.54, 1.807) is 7.11 Å². The minimum atomic E-state index is 0. The van der Waals surface area contributed by atoms with Gasteiger partial charge in [0.2, 0.25) is 5.89 Å². The van der Waals surface area contributed by atoms with Gasteiger partial charge in [-0.05, 0) is 31.9 Å². The van der Waals surface area contributed by atoms with Gasteiger partial charge in [-0.2, -0.15) is 4.98 Å². The highest BCUT2D eigenvalue weighted by atomic mass is 127. The van der Waals surface area contributed by atoms with Crippen molar-refractivity contribution in [3.63, 3.8) is 0 Å². The summed E-state index contributed by atoms with van der Waals surface area (Å²) in [6, 6.07) is 6.23. The van der Waals surface area contributed by atoms with Crippen LogP contribution >= 0.6 is 24.0 Å². The molecule has 0 radical (unpaired) electrons. The van der Waals surface area contributed by atoms with Crippen LogP contribution in [-0.2, 0) is 12.8 Å². The lowest BCUT2D eigenvalue weighted by atomic mass is 10.1. The number of aryl methyl sites for hydroxylation is 1. The molecule has 0 bridgehead atoms. The molecule has 1 heterocycles. The van der Waals surface area contributed by atoms with Crippen LogP contribution in [0.3, 0.4) is 0 Å². The maximum Gasteiger partial charge on any atom is 0.228 e. The van der Waals surface area contributed by atoms with Crippen molar-refractivity contribution >= 4 is 29.9 Å². The van der Waals surface area contributed by atoms with Gasteiger partial charge in [-0.25, -0.2) is 0 Å². The van der Waals surface area contributed by atoms with E-state index in [0.717, 1.165) is 37.0 Å². The number of halogens is 1. The Hall–Kier alpha value is -1.84. The van der Waals surface area contributed by atoms with Gasteiger partial charge >= 0.3 is 0 Å². The summed E-state index contributed by atoms with van der Waals surface area (Å²) in [6.07, 6.45) is 1.48. The zero-order valence-corrected chi connectivity index (χ0v) is 19.7. The minimum Gasteiger partial charge on any atom is -0.496 e. The van der Waals surface area contributed by atoms with E-state index in [-0.39, 0.29) is 29.9 Å². The van der Waals surface area contributed by atoms with Gasteiger partial charge in [-0.3, -0.25) is 4.99 Å². The van der Waals surface area contributed by atoms with Crippen molar-refractivity contribution in [1.29, 1.82) is 0 Å². The van der Waals surface area contributed by atoms with E-state index in [1.165, 1.54) is 11.1 Å². The fourth-order valence-corrected chi connectivity index (χ4v) is 2.63. The largest absolute Gasteiger partial charge is 0.496 e. The number of aliphatic imine (C=N–C) groups is 1. The number of hydrogen-bond acceptors (Lipinski definition) is 5. The van der Waals surface area contributed by atoms with Crippen LogP contribution in [0.2, 0.25) is 0 Å². The topological polar surface area (TPSA) is 84.6 Å². The molecule has 0 fully saturated rings. The molecule has 0 saturated carbocycles. The van der Waals surface area contributed by atoms with Crippen molar-refractivity contribution in [3.8, 4) is 5.75 Å². The fraction of sp³-hybridized carbons (Fsp3) is 0.550. The molecule has 156 valence electrons. The number of ether oxygens (including phenoxy) is 1. The van der Waals surface area contributed by atoms with Gasteiger partial charge in [0.05, 0.1) is 13.7 Å². The highest BCUT2D eigenvalue weighted by Crippen LogP contribution is 2.19. The summed E-state index contributed by atoms with van der Waals surface area (Å²) in [5.74, 6) is 3.34. The van der Waals surface area contributed by atoms with Crippen molar-refractivity contribution < 1.29 is 9.26 Å². The number of nitrogens with zero attached hydrogens (tertiary/aromatic N) is 3. The number of aromatic nitrogens is 2. The van der Waals surface area contributed by atoms with Crippen molar-refractivity contribution in [3.05, 3.63) is 41.0 Å². The summed E-state index contributed by atoms with van der Waals surface area (Å²) in [6.45, 7) is 10.4. The second-order valence-corrected chi connectivity index (χ2v) is 6.70. The van der Waals surface area contributed by atoms with E-state index in [4.69, 9.17) is 9.26 Å². The number of rotatable bonds is 9. The maximum atomic E-state index is 5.44. The van der Waals surface area contributed by atoms with Gasteiger partial charge in [-0.1, -0.05) is 36.7 Å². The standard InChI is InChI=1S/C20H31N5O2.HI/c1-6-21-20(23-12-10-18-24-19(14(2)3)25-27-18)22-11-9-16-13-15(4)7-8-17(16)26-5;/h7-8,13-14H,6,9-12H2,1-5H3,(H2,21,22,23);1H. The molecule has 0 aliphatic carbocycles. The zero-order valence-electron chi connectivity index (χ0n) is 17.4. The Bertz CT molecular complexity index is 746. The number of benzene rings is 1. The van der Waals surface area contributed by atoms with E-state index in [1.807, 2.05) is 26.8 Å². The molecule has 28 heavy (non-hydrogen) atoms. The molecule has 0 aliphatic rings. The van der Waals surface area contributed by atoms with E-state index >= 15 is 0 Å². The normalized spacial score (nSPS) is 11.3. The number of methoxy groups -OCH3 is 1. The van der Waals surface area contributed by atoms with Crippen LogP contribution in [0.25, 0.3) is 0 Å². The smallest absolute Gasteiger partial charge is 0.228 e. The molecule has 2 N–H and O–H groups in total. The van der Waals surface area contributed by atoms with Gasteiger partial charge < -0.3 is 19.9 Å². The van der Waals surface area contributed by atoms with Gasteiger partial charge in [0.25, 0.3) is 0 Å². The van der Waals surface area contributed by atoms with Crippen LogP contribution < -0.4 is 15.4 Å². The predicted octanol–water partition coefficient (Wildman–Crippen LogP) is 3.47. The molecule has 8 heteroatoms. The molecule has 1 aromatic heterocycles. The average Bonchev–Trinajstić information content (AvgIpc) is 3.11. The molecular formula is C20H32IN5O2. The summed E-state index contributed by atoms with van der Waals surface area (Å²) < 4.78 is 10.7. The fourth-order valence-electron chi connectivity index (χ4n) is 2.63. The van der Waals surface area contributed by atoms with Crippen LogP contribution in [0.1, 0.15) is 49.5 Å². The first-order valence-corrected chi connectivity index (χ1v) is 9.51. The second-order valence-electron chi connectivity index (χ2n) is 6.70. The van der Waals surface area contributed by atoms with Crippen molar-refractivity contribution in [2.24, 2.45) is 4.99 Å².